The number of aryl methyl sites for hydroxylation is 3. The van der Waals surface area contributed by atoms with Crippen LogP contribution in [-0.2, 0) is 12.8 Å². The second-order valence-corrected chi connectivity index (χ2v) is 6.56. The molecule has 120 valence electrons. The molecule has 4 rings (SSSR count). The number of carbonyl (C=O) groups is 1. The Bertz CT molecular complexity index is 959. The molecular formula is C21H20N2O. The predicted molar refractivity (Wildman–Crippen MR) is 97.6 cm³/mol. The molecule has 3 heteroatoms. The van der Waals surface area contributed by atoms with E-state index in [0.717, 1.165) is 63.8 Å². The van der Waals surface area contributed by atoms with Crippen LogP contribution in [0.25, 0.3) is 10.9 Å². The maximum atomic E-state index is 13.1. The summed E-state index contributed by atoms with van der Waals surface area (Å²) in [5, 5.41) is 4.07. The van der Waals surface area contributed by atoms with Crippen LogP contribution in [0.4, 0.5) is 5.69 Å². The fourth-order valence-corrected chi connectivity index (χ4v) is 3.53. The average molecular weight is 316 g/mol. The zero-order valence-corrected chi connectivity index (χ0v) is 14.0. The van der Waals surface area contributed by atoms with Crippen molar-refractivity contribution in [3.63, 3.8) is 0 Å². The number of nitrogens with zero attached hydrogens (tertiary/aromatic N) is 1. The Morgan fingerprint density at radius 3 is 2.79 bits per heavy atom. The van der Waals surface area contributed by atoms with Crippen molar-refractivity contribution in [2.24, 2.45) is 0 Å². The van der Waals surface area contributed by atoms with Crippen LogP contribution in [0.5, 0.6) is 0 Å². The van der Waals surface area contributed by atoms with Crippen molar-refractivity contribution >= 4 is 22.5 Å². The SMILES string of the molecule is Cc1ccc(C)c(NC(=O)c2c3c(nc4ccccc24)CCC3)c1. The number of anilines is 1. The number of para-hydroxylation sites is 1. The number of pyridine rings is 1. The van der Waals surface area contributed by atoms with Gasteiger partial charge in [-0.15, -0.1) is 0 Å². The largest absolute Gasteiger partial charge is 0.322 e. The van der Waals surface area contributed by atoms with Gasteiger partial charge in [-0.25, -0.2) is 0 Å². The summed E-state index contributed by atoms with van der Waals surface area (Å²) in [7, 11) is 0. The highest BCUT2D eigenvalue weighted by Gasteiger charge is 2.23. The number of rotatable bonds is 2. The van der Waals surface area contributed by atoms with Gasteiger partial charge in [-0.2, -0.15) is 0 Å². The van der Waals surface area contributed by atoms with E-state index in [1.54, 1.807) is 0 Å². The number of carbonyl (C=O) groups excluding carboxylic acids is 1. The molecule has 0 bridgehead atoms. The molecule has 0 aliphatic heterocycles. The van der Waals surface area contributed by atoms with E-state index in [4.69, 9.17) is 4.98 Å². The van der Waals surface area contributed by atoms with Crippen LogP contribution in [-0.4, -0.2) is 10.9 Å². The van der Waals surface area contributed by atoms with Crippen molar-refractivity contribution in [2.75, 3.05) is 5.32 Å². The highest BCUT2D eigenvalue weighted by Crippen LogP contribution is 2.31. The van der Waals surface area contributed by atoms with Crippen LogP contribution in [0, 0.1) is 13.8 Å². The standard InChI is InChI=1S/C21H20N2O/c1-13-10-11-14(2)19(12-13)23-21(24)20-15-6-3-4-8-17(15)22-18-9-5-7-16(18)20/h3-4,6,8,10-12H,5,7,9H2,1-2H3,(H,23,24). The van der Waals surface area contributed by atoms with Crippen molar-refractivity contribution in [1.29, 1.82) is 0 Å². The highest BCUT2D eigenvalue weighted by molar-refractivity contribution is 6.14. The van der Waals surface area contributed by atoms with E-state index in [2.05, 4.69) is 11.4 Å². The number of aromatic nitrogens is 1. The second-order valence-electron chi connectivity index (χ2n) is 6.56. The normalized spacial score (nSPS) is 13.1. The molecular weight excluding hydrogens is 296 g/mol. The third kappa shape index (κ3) is 2.46. The lowest BCUT2D eigenvalue weighted by Gasteiger charge is -2.14. The summed E-state index contributed by atoms with van der Waals surface area (Å²) in [6.45, 7) is 4.05. The summed E-state index contributed by atoms with van der Waals surface area (Å²) in [4.78, 5) is 17.9. The minimum atomic E-state index is -0.0274. The maximum Gasteiger partial charge on any atom is 0.256 e. The van der Waals surface area contributed by atoms with Gasteiger partial charge in [0.2, 0.25) is 0 Å². The van der Waals surface area contributed by atoms with E-state index < -0.39 is 0 Å². The molecule has 0 radical (unpaired) electrons. The van der Waals surface area contributed by atoms with Crippen LogP contribution in [0.15, 0.2) is 42.5 Å². The molecule has 1 N–H and O–H groups in total. The molecule has 0 unspecified atom stereocenters. The van der Waals surface area contributed by atoms with Gasteiger partial charge in [-0.1, -0.05) is 30.3 Å². The van der Waals surface area contributed by atoms with Crippen molar-refractivity contribution in [3.05, 3.63) is 70.4 Å². The van der Waals surface area contributed by atoms with Gasteiger partial charge in [0, 0.05) is 16.8 Å². The maximum absolute atomic E-state index is 13.1. The topological polar surface area (TPSA) is 42.0 Å². The lowest BCUT2D eigenvalue weighted by Crippen LogP contribution is -2.16. The van der Waals surface area contributed by atoms with E-state index in [-0.39, 0.29) is 5.91 Å². The van der Waals surface area contributed by atoms with Gasteiger partial charge in [-0.05, 0) is 61.9 Å². The summed E-state index contributed by atoms with van der Waals surface area (Å²) < 4.78 is 0. The second kappa shape index (κ2) is 5.75. The molecule has 0 spiro atoms. The molecule has 0 atom stereocenters. The first-order chi connectivity index (χ1) is 11.6. The molecule has 24 heavy (non-hydrogen) atoms. The first-order valence-corrected chi connectivity index (χ1v) is 8.42. The van der Waals surface area contributed by atoms with Gasteiger partial charge >= 0.3 is 0 Å². The van der Waals surface area contributed by atoms with E-state index in [1.165, 1.54) is 0 Å². The lowest BCUT2D eigenvalue weighted by atomic mass is 10.00. The minimum Gasteiger partial charge on any atom is -0.322 e. The van der Waals surface area contributed by atoms with Crippen LogP contribution >= 0.6 is 0 Å². The third-order valence-electron chi connectivity index (χ3n) is 4.79. The Labute approximate surface area is 141 Å². The van der Waals surface area contributed by atoms with E-state index >= 15 is 0 Å². The Morgan fingerprint density at radius 2 is 1.92 bits per heavy atom. The molecule has 1 amide bonds. The number of amides is 1. The van der Waals surface area contributed by atoms with Crippen LogP contribution in [0.2, 0.25) is 0 Å². The molecule has 0 saturated heterocycles. The van der Waals surface area contributed by atoms with Crippen molar-refractivity contribution in [1.82, 2.24) is 4.98 Å². The first-order valence-electron chi connectivity index (χ1n) is 8.42. The van der Waals surface area contributed by atoms with Crippen LogP contribution in [0.1, 0.15) is 39.2 Å². The van der Waals surface area contributed by atoms with Crippen LogP contribution in [0.3, 0.4) is 0 Å². The lowest BCUT2D eigenvalue weighted by molar-refractivity contribution is 0.102. The van der Waals surface area contributed by atoms with Crippen LogP contribution < -0.4 is 5.32 Å². The molecule has 1 heterocycles. The quantitative estimate of drug-likeness (QED) is 0.751. The van der Waals surface area contributed by atoms with Gasteiger partial charge in [0.05, 0.1) is 11.1 Å². The summed E-state index contributed by atoms with van der Waals surface area (Å²) in [5.74, 6) is -0.0274. The Hall–Kier alpha value is -2.68. The third-order valence-corrected chi connectivity index (χ3v) is 4.79. The van der Waals surface area contributed by atoms with Gasteiger partial charge in [0.25, 0.3) is 5.91 Å². The summed E-state index contributed by atoms with van der Waals surface area (Å²) in [6.07, 6.45) is 2.97. The minimum absolute atomic E-state index is 0.0274. The molecule has 1 aromatic heterocycles. The molecule has 3 nitrogen and oxygen atoms in total. The zero-order valence-electron chi connectivity index (χ0n) is 14.0. The number of hydrogen-bond acceptors (Lipinski definition) is 2. The smallest absolute Gasteiger partial charge is 0.256 e. The number of nitrogens with one attached hydrogen (secondary N) is 1. The van der Waals surface area contributed by atoms with Crippen molar-refractivity contribution in [3.8, 4) is 0 Å². The number of hydrogen-bond donors (Lipinski definition) is 1. The van der Waals surface area contributed by atoms with E-state index in [0.29, 0.717) is 0 Å². The van der Waals surface area contributed by atoms with Gasteiger partial charge in [0.1, 0.15) is 0 Å². The zero-order chi connectivity index (χ0) is 16.7. The van der Waals surface area contributed by atoms with Crippen molar-refractivity contribution in [2.45, 2.75) is 33.1 Å². The Kier molecular flexibility index (Phi) is 3.57. The van der Waals surface area contributed by atoms with Gasteiger partial charge in [0.15, 0.2) is 0 Å². The molecule has 1 aliphatic carbocycles. The molecule has 0 fully saturated rings. The molecule has 2 aromatic carbocycles. The molecule has 0 saturated carbocycles. The van der Waals surface area contributed by atoms with E-state index in [9.17, 15) is 4.79 Å². The predicted octanol–water partition coefficient (Wildman–Crippen LogP) is 4.59. The average Bonchev–Trinajstić information content (AvgIpc) is 3.03. The highest BCUT2D eigenvalue weighted by atomic mass is 16.1. The fourth-order valence-electron chi connectivity index (χ4n) is 3.53. The fraction of sp³-hybridized carbons (Fsp3) is 0.238. The van der Waals surface area contributed by atoms with Crippen molar-refractivity contribution < 1.29 is 4.79 Å². The first kappa shape index (κ1) is 14.9. The van der Waals surface area contributed by atoms with E-state index in [1.807, 2.05) is 50.2 Å². The molecule has 1 aliphatic rings. The number of fused-ring (bicyclic) bond motifs is 2. The number of benzene rings is 2. The monoisotopic (exact) mass is 316 g/mol. The van der Waals surface area contributed by atoms with Gasteiger partial charge in [-0.3, -0.25) is 9.78 Å². The summed E-state index contributed by atoms with van der Waals surface area (Å²) in [6, 6.07) is 14.1. The summed E-state index contributed by atoms with van der Waals surface area (Å²) in [5.41, 5.74) is 7.01. The molecule has 3 aromatic rings. The van der Waals surface area contributed by atoms with Gasteiger partial charge < -0.3 is 5.32 Å². The Morgan fingerprint density at radius 1 is 1.08 bits per heavy atom. The summed E-state index contributed by atoms with van der Waals surface area (Å²) >= 11 is 0. The Balaban J connectivity index is 1.84.